The topological polar surface area (TPSA) is 58.2 Å². The highest BCUT2D eigenvalue weighted by atomic mass is 79.9. The maximum Gasteiger partial charge on any atom is 0.246 e. The number of amides is 2. The summed E-state index contributed by atoms with van der Waals surface area (Å²) < 4.78 is 0.871. The lowest BCUT2D eigenvalue weighted by Gasteiger charge is -2.15. The molecule has 1 atom stereocenters. The van der Waals surface area contributed by atoms with Crippen molar-refractivity contribution in [3.05, 3.63) is 15.2 Å². The summed E-state index contributed by atoms with van der Waals surface area (Å²) in [5.74, 6) is -0.175. The van der Waals surface area contributed by atoms with Gasteiger partial charge in [-0.15, -0.1) is 11.3 Å². The average molecular weight is 317 g/mol. The minimum Gasteiger partial charge on any atom is -0.344 e. The molecule has 0 bridgehead atoms. The van der Waals surface area contributed by atoms with E-state index in [0.717, 1.165) is 23.0 Å². The van der Waals surface area contributed by atoms with Gasteiger partial charge in [0.05, 0.1) is 10.2 Å². The Labute approximate surface area is 112 Å². The summed E-state index contributed by atoms with van der Waals surface area (Å²) in [6.07, 6.45) is 2.99. The van der Waals surface area contributed by atoms with Crippen molar-refractivity contribution >= 4 is 44.8 Å². The number of rotatable bonds is 2. The van der Waals surface area contributed by atoms with E-state index < -0.39 is 6.04 Å². The molecule has 2 rings (SSSR count). The van der Waals surface area contributed by atoms with E-state index in [1.807, 2.05) is 10.8 Å². The zero-order valence-corrected chi connectivity index (χ0v) is 11.6. The molecule has 1 aliphatic heterocycles. The Morgan fingerprint density at radius 2 is 2.29 bits per heavy atom. The van der Waals surface area contributed by atoms with E-state index in [9.17, 15) is 9.59 Å². The zero-order valence-electron chi connectivity index (χ0n) is 9.16. The summed E-state index contributed by atoms with van der Waals surface area (Å²) in [7, 11) is 0. The van der Waals surface area contributed by atoms with Crippen LogP contribution in [0.15, 0.2) is 15.2 Å². The third kappa shape index (κ3) is 3.29. The van der Waals surface area contributed by atoms with Gasteiger partial charge in [-0.25, -0.2) is 0 Å². The van der Waals surface area contributed by atoms with E-state index in [-0.39, 0.29) is 11.8 Å². The van der Waals surface area contributed by atoms with Gasteiger partial charge in [-0.3, -0.25) is 9.59 Å². The molecule has 4 nitrogen and oxygen atoms in total. The first-order valence-electron chi connectivity index (χ1n) is 5.49. The lowest BCUT2D eigenvalue weighted by atomic mass is 10.1. The molecule has 92 valence electrons. The summed E-state index contributed by atoms with van der Waals surface area (Å²) >= 11 is 4.86. The van der Waals surface area contributed by atoms with Gasteiger partial charge in [0.15, 0.2) is 0 Å². The molecular weight excluding hydrogens is 304 g/mol. The summed E-state index contributed by atoms with van der Waals surface area (Å²) in [5.41, 5.74) is 0.762. The molecule has 0 aliphatic carbocycles. The van der Waals surface area contributed by atoms with Crippen LogP contribution in [-0.2, 0) is 9.59 Å². The van der Waals surface area contributed by atoms with Crippen molar-refractivity contribution in [3.8, 4) is 0 Å². The number of hydrogen-bond acceptors (Lipinski definition) is 3. The smallest absolute Gasteiger partial charge is 0.246 e. The Bertz CT molecular complexity index is 433. The van der Waals surface area contributed by atoms with Crippen molar-refractivity contribution in [2.24, 2.45) is 0 Å². The third-order valence-electron chi connectivity index (χ3n) is 2.67. The van der Waals surface area contributed by atoms with Gasteiger partial charge in [-0.05, 0) is 28.8 Å². The second-order valence-corrected chi connectivity index (χ2v) is 5.59. The molecule has 1 saturated heterocycles. The Balaban J connectivity index is 1.99. The predicted octanol–water partition coefficient (Wildman–Crippen LogP) is 2.51. The van der Waals surface area contributed by atoms with Gasteiger partial charge >= 0.3 is 0 Å². The quantitative estimate of drug-likeness (QED) is 0.880. The van der Waals surface area contributed by atoms with Gasteiger partial charge in [0.2, 0.25) is 11.8 Å². The second kappa shape index (κ2) is 5.64. The van der Waals surface area contributed by atoms with E-state index >= 15 is 0 Å². The van der Waals surface area contributed by atoms with Crippen LogP contribution >= 0.6 is 27.3 Å². The van der Waals surface area contributed by atoms with Crippen molar-refractivity contribution in [2.75, 3.05) is 5.32 Å². The summed E-state index contributed by atoms with van der Waals surface area (Å²) in [5, 5.41) is 9.33. The van der Waals surface area contributed by atoms with E-state index in [2.05, 4.69) is 26.6 Å². The molecule has 0 unspecified atom stereocenters. The molecule has 0 radical (unpaired) electrons. The van der Waals surface area contributed by atoms with Crippen LogP contribution in [0.1, 0.15) is 25.7 Å². The summed E-state index contributed by atoms with van der Waals surface area (Å²) in [6.45, 7) is 0. The van der Waals surface area contributed by atoms with Crippen molar-refractivity contribution < 1.29 is 9.59 Å². The van der Waals surface area contributed by atoms with Crippen LogP contribution < -0.4 is 10.6 Å². The molecule has 1 aromatic heterocycles. The van der Waals surface area contributed by atoms with Crippen molar-refractivity contribution in [1.82, 2.24) is 5.32 Å². The fraction of sp³-hybridized carbons (Fsp3) is 0.455. The van der Waals surface area contributed by atoms with Gasteiger partial charge in [0.1, 0.15) is 6.04 Å². The van der Waals surface area contributed by atoms with Crippen LogP contribution in [-0.4, -0.2) is 17.9 Å². The number of hydrogen-bond donors (Lipinski definition) is 2. The van der Waals surface area contributed by atoms with Crippen molar-refractivity contribution in [2.45, 2.75) is 31.7 Å². The Morgan fingerprint density at radius 1 is 1.47 bits per heavy atom. The average Bonchev–Trinajstić information content (AvgIpc) is 2.57. The normalized spacial score (nSPS) is 20.5. The number of anilines is 1. The van der Waals surface area contributed by atoms with Gasteiger partial charge in [0.25, 0.3) is 0 Å². The van der Waals surface area contributed by atoms with Crippen LogP contribution in [0, 0.1) is 0 Å². The van der Waals surface area contributed by atoms with Crippen LogP contribution in [0.2, 0.25) is 0 Å². The highest BCUT2D eigenvalue weighted by molar-refractivity contribution is 9.10. The van der Waals surface area contributed by atoms with Crippen molar-refractivity contribution in [3.63, 3.8) is 0 Å². The minimum absolute atomic E-state index is 0.0352. The van der Waals surface area contributed by atoms with Gasteiger partial charge in [0, 0.05) is 17.2 Å². The minimum atomic E-state index is -0.406. The first kappa shape index (κ1) is 12.6. The maximum absolute atomic E-state index is 12.0. The number of nitrogens with one attached hydrogen (secondary N) is 2. The lowest BCUT2D eigenvalue weighted by Crippen LogP contribution is -2.42. The van der Waals surface area contributed by atoms with Crippen molar-refractivity contribution in [1.29, 1.82) is 0 Å². The van der Waals surface area contributed by atoms with Gasteiger partial charge in [-0.1, -0.05) is 6.42 Å². The highest BCUT2D eigenvalue weighted by Gasteiger charge is 2.23. The summed E-state index contributed by atoms with van der Waals surface area (Å²) in [6, 6.07) is -0.406. The molecule has 2 amide bonds. The molecule has 17 heavy (non-hydrogen) atoms. The molecule has 1 aliphatic rings. The molecule has 2 N–H and O–H groups in total. The molecule has 6 heteroatoms. The van der Waals surface area contributed by atoms with Crippen LogP contribution in [0.25, 0.3) is 0 Å². The van der Waals surface area contributed by atoms with E-state index in [1.54, 1.807) is 0 Å². The van der Waals surface area contributed by atoms with E-state index in [0.29, 0.717) is 12.8 Å². The number of thiophene rings is 1. The third-order valence-corrected chi connectivity index (χ3v) is 4.37. The molecule has 0 spiro atoms. The Hall–Kier alpha value is -0.880. The first-order chi connectivity index (χ1) is 8.16. The standard InChI is InChI=1S/C11H13BrN2O2S/c12-7-5-17-6-9(7)14-11(16)8-3-1-2-4-10(15)13-8/h5-6,8H,1-4H2,(H,13,15)(H,14,16)/t8-/m1/s1. The van der Waals surface area contributed by atoms with Crippen LogP contribution in [0.3, 0.4) is 0 Å². The lowest BCUT2D eigenvalue weighted by molar-refractivity contribution is -0.125. The fourth-order valence-corrected chi connectivity index (χ4v) is 3.09. The SMILES string of the molecule is O=C1CCCC[C@H](C(=O)Nc2cscc2Br)N1. The largest absolute Gasteiger partial charge is 0.344 e. The van der Waals surface area contributed by atoms with Crippen LogP contribution in [0.5, 0.6) is 0 Å². The predicted molar refractivity (Wildman–Crippen MR) is 71.0 cm³/mol. The van der Waals surface area contributed by atoms with Gasteiger partial charge < -0.3 is 10.6 Å². The summed E-state index contributed by atoms with van der Waals surface area (Å²) in [4.78, 5) is 23.3. The van der Waals surface area contributed by atoms with Gasteiger partial charge in [-0.2, -0.15) is 0 Å². The maximum atomic E-state index is 12.0. The monoisotopic (exact) mass is 316 g/mol. The number of halogens is 1. The molecular formula is C11H13BrN2O2S. The highest BCUT2D eigenvalue weighted by Crippen LogP contribution is 2.26. The fourth-order valence-electron chi connectivity index (χ4n) is 1.76. The molecule has 1 aromatic rings. The first-order valence-corrected chi connectivity index (χ1v) is 7.22. The number of carbonyl (C=O) groups is 2. The molecule has 0 aromatic carbocycles. The Kier molecular flexibility index (Phi) is 4.17. The molecule has 0 saturated carbocycles. The molecule has 1 fully saturated rings. The van der Waals surface area contributed by atoms with E-state index in [4.69, 9.17) is 0 Å². The zero-order chi connectivity index (χ0) is 12.3. The molecule has 2 heterocycles. The van der Waals surface area contributed by atoms with Crippen LogP contribution in [0.4, 0.5) is 5.69 Å². The Morgan fingerprint density at radius 3 is 3.00 bits per heavy atom. The number of carbonyl (C=O) groups excluding carboxylic acids is 2. The van der Waals surface area contributed by atoms with E-state index in [1.165, 1.54) is 11.3 Å². The second-order valence-electron chi connectivity index (χ2n) is 3.99.